The zero-order valence-electron chi connectivity index (χ0n) is 36.8. The van der Waals surface area contributed by atoms with Gasteiger partial charge in [0.25, 0.3) is 0 Å². The fraction of sp³-hybridized carbons (Fsp3) is 0.480. The minimum Gasteiger partial charge on any atom is -0.395 e. The molecule has 0 amide bonds. The third-order valence-electron chi connectivity index (χ3n) is 12.0. The molecule has 0 aliphatic heterocycles. The summed E-state index contributed by atoms with van der Waals surface area (Å²) in [6.07, 6.45) is -0.302. The third-order valence-corrected chi connectivity index (χ3v) is 12.0. The van der Waals surface area contributed by atoms with Crippen molar-refractivity contribution in [2.24, 2.45) is 0 Å². The van der Waals surface area contributed by atoms with Crippen molar-refractivity contribution in [2.75, 3.05) is 39.6 Å². The van der Waals surface area contributed by atoms with Crippen LogP contribution in [0, 0.1) is 0 Å². The fourth-order valence-corrected chi connectivity index (χ4v) is 7.02. The number of aliphatic hydroxyl groups excluding tert-OH is 6. The van der Waals surface area contributed by atoms with Crippen molar-refractivity contribution >= 4 is 11.9 Å². The molecule has 0 aliphatic rings. The van der Waals surface area contributed by atoms with Crippen molar-refractivity contribution in [3.63, 3.8) is 0 Å². The number of carbonyl (C=O) groups excluding carboxylic acids is 2. The summed E-state index contributed by atoms with van der Waals surface area (Å²) in [5, 5.41) is 56.0. The summed E-state index contributed by atoms with van der Waals surface area (Å²) >= 11 is 0. The van der Waals surface area contributed by atoms with Crippen molar-refractivity contribution in [3.05, 3.63) is 142 Å². The van der Waals surface area contributed by atoms with Crippen LogP contribution >= 0.6 is 0 Å². The zero-order chi connectivity index (χ0) is 44.5. The standard InChI is InChI=1S/C48H62O7.C2H6O2/c1-43(2,29-49)33-15-11-19-37(23-33)47(9,38-20-12-16-34(24-38)44(3,4)30-50)27-41(53)55-42(54)28-48(10,39-21-13-17-35(25-39)45(5,6)31-51)40-22-14-18-36(26-40)46(7,8)32-52;3-1-2-4/h11-26,49-52H,27-32H2,1-10H3;3-4H,1-2H2. The lowest BCUT2D eigenvalue weighted by Crippen LogP contribution is -2.33. The van der Waals surface area contributed by atoms with Crippen LogP contribution in [0.4, 0.5) is 0 Å². The maximum Gasteiger partial charge on any atom is 0.314 e. The summed E-state index contributed by atoms with van der Waals surface area (Å²) in [6.45, 7) is 19.1. The van der Waals surface area contributed by atoms with E-state index in [2.05, 4.69) is 0 Å². The molecule has 6 N–H and O–H groups in total. The first-order chi connectivity index (χ1) is 27.5. The molecule has 0 aromatic heterocycles. The van der Waals surface area contributed by atoms with Crippen molar-refractivity contribution in [1.82, 2.24) is 0 Å². The molecule has 0 radical (unpaired) electrons. The van der Waals surface area contributed by atoms with Gasteiger partial charge in [-0.05, 0) is 44.5 Å². The number of aliphatic hydroxyl groups is 6. The van der Waals surface area contributed by atoms with Crippen LogP contribution in [0.2, 0.25) is 0 Å². The second-order valence-corrected chi connectivity index (χ2v) is 18.8. The second kappa shape index (κ2) is 19.9. The average Bonchev–Trinajstić information content (AvgIpc) is 3.23. The highest BCUT2D eigenvalue weighted by Gasteiger charge is 2.39. The summed E-state index contributed by atoms with van der Waals surface area (Å²) in [4.78, 5) is 28.2. The molecule has 4 aromatic carbocycles. The molecule has 322 valence electrons. The van der Waals surface area contributed by atoms with Gasteiger partial charge in [-0.1, -0.05) is 166 Å². The topological polar surface area (TPSA) is 165 Å². The van der Waals surface area contributed by atoms with Gasteiger partial charge in [0.05, 0.1) is 52.5 Å². The Balaban J connectivity index is 0.00000222. The van der Waals surface area contributed by atoms with Crippen LogP contribution in [-0.2, 0) is 46.8 Å². The Kier molecular flexibility index (Phi) is 16.6. The van der Waals surface area contributed by atoms with E-state index in [1.807, 2.05) is 166 Å². The van der Waals surface area contributed by atoms with E-state index in [4.69, 9.17) is 14.9 Å². The van der Waals surface area contributed by atoms with Gasteiger partial charge in [0.15, 0.2) is 0 Å². The molecule has 9 nitrogen and oxygen atoms in total. The van der Waals surface area contributed by atoms with Crippen LogP contribution in [-0.4, -0.2) is 82.2 Å². The van der Waals surface area contributed by atoms with Crippen molar-refractivity contribution < 1.29 is 45.0 Å². The third kappa shape index (κ3) is 11.7. The molecule has 0 saturated heterocycles. The first-order valence-electron chi connectivity index (χ1n) is 20.3. The van der Waals surface area contributed by atoms with Crippen LogP contribution in [0.3, 0.4) is 0 Å². The molecule has 0 saturated carbocycles. The Hall–Kier alpha value is -4.22. The van der Waals surface area contributed by atoms with Crippen LogP contribution < -0.4 is 0 Å². The Bertz CT molecular complexity index is 1750. The number of benzene rings is 4. The Morgan fingerprint density at radius 3 is 0.780 bits per heavy atom. The molecule has 0 spiro atoms. The van der Waals surface area contributed by atoms with E-state index >= 15 is 0 Å². The molecule has 0 bridgehead atoms. The van der Waals surface area contributed by atoms with E-state index in [1.165, 1.54) is 0 Å². The number of esters is 2. The zero-order valence-corrected chi connectivity index (χ0v) is 36.8. The summed E-state index contributed by atoms with van der Waals surface area (Å²) in [5.41, 5.74) is 2.89. The minimum absolute atomic E-state index is 0.0660. The Labute approximate surface area is 351 Å². The van der Waals surface area contributed by atoms with Gasteiger partial charge in [-0.15, -0.1) is 0 Å². The van der Waals surface area contributed by atoms with Crippen LogP contribution in [0.25, 0.3) is 0 Å². The summed E-state index contributed by atoms with van der Waals surface area (Å²) in [5.74, 6) is -1.36. The predicted molar refractivity (Wildman–Crippen MR) is 234 cm³/mol. The maximum absolute atomic E-state index is 14.1. The predicted octanol–water partition coefficient (Wildman–Crippen LogP) is 6.90. The number of hydrogen-bond donors (Lipinski definition) is 6. The van der Waals surface area contributed by atoms with Crippen LogP contribution in [0.5, 0.6) is 0 Å². The first kappa shape index (κ1) is 49.1. The number of ether oxygens (including phenoxy) is 1. The van der Waals surface area contributed by atoms with E-state index in [-0.39, 0.29) is 52.5 Å². The van der Waals surface area contributed by atoms with E-state index < -0.39 is 44.4 Å². The number of rotatable bonds is 17. The Morgan fingerprint density at radius 2 is 0.593 bits per heavy atom. The molecule has 0 atom stereocenters. The summed E-state index contributed by atoms with van der Waals surface area (Å²) in [7, 11) is 0. The largest absolute Gasteiger partial charge is 0.395 e. The average molecular weight is 813 g/mol. The summed E-state index contributed by atoms with van der Waals surface area (Å²) in [6, 6.07) is 31.4. The maximum atomic E-state index is 14.1. The first-order valence-corrected chi connectivity index (χ1v) is 20.3. The van der Waals surface area contributed by atoms with Gasteiger partial charge in [0.2, 0.25) is 0 Å². The van der Waals surface area contributed by atoms with Gasteiger partial charge >= 0.3 is 11.9 Å². The van der Waals surface area contributed by atoms with Crippen LogP contribution in [0.15, 0.2) is 97.1 Å². The van der Waals surface area contributed by atoms with Crippen LogP contribution in [0.1, 0.15) is 127 Å². The normalized spacial score (nSPS) is 12.7. The fourth-order valence-electron chi connectivity index (χ4n) is 7.02. The number of carbonyl (C=O) groups is 2. The molecule has 4 rings (SSSR count). The van der Waals surface area contributed by atoms with Crippen molar-refractivity contribution in [3.8, 4) is 0 Å². The summed E-state index contributed by atoms with van der Waals surface area (Å²) < 4.78 is 5.76. The monoisotopic (exact) mass is 812 g/mol. The van der Waals surface area contributed by atoms with Gasteiger partial charge in [-0.3, -0.25) is 9.59 Å². The lowest BCUT2D eigenvalue weighted by Gasteiger charge is -2.34. The Morgan fingerprint density at radius 1 is 0.390 bits per heavy atom. The van der Waals surface area contributed by atoms with E-state index in [9.17, 15) is 30.0 Å². The van der Waals surface area contributed by atoms with E-state index in [0.29, 0.717) is 0 Å². The van der Waals surface area contributed by atoms with Gasteiger partial charge in [0, 0.05) is 32.5 Å². The van der Waals surface area contributed by atoms with Gasteiger partial charge in [0.1, 0.15) is 0 Å². The highest BCUT2D eigenvalue weighted by atomic mass is 16.6. The van der Waals surface area contributed by atoms with Crippen molar-refractivity contribution in [1.29, 1.82) is 0 Å². The van der Waals surface area contributed by atoms with Gasteiger partial charge in [-0.2, -0.15) is 0 Å². The molecule has 0 heterocycles. The molecular formula is C50H68O9. The molecule has 0 unspecified atom stereocenters. The van der Waals surface area contributed by atoms with E-state index in [0.717, 1.165) is 44.5 Å². The highest BCUT2D eigenvalue weighted by Crippen LogP contribution is 2.42. The molecular weight excluding hydrogens is 745 g/mol. The minimum atomic E-state index is -0.946. The number of hydrogen-bond acceptors (Lipinski definition) is 9. The lowest BCUT2D eigenvalue weighted by atomic mass is 9.70. The van der Waals surface area contributed by atoms with Crippen molar-refractivity contribution in [2.45, 2.75) is 115 Å². The van der Waals surface area contributed by atoms with E-state index in [1.54, 1.807) is 0 Å². The molecule has 9 heteroatoms. The SMILES string of the molecule is CC(C)(CO)c1cccc(C(C)(CC(=O)OC(=O)CC(C)(c2cccc(C(C)(C)CO)c2)c2cccc(C(C)(C)CO)c2)c2cccc(C(C)(C)CO)c2)c1.OCCO. The molecule has 0 aliphatic carbocycles. The lowest BCUT2D eigenvalue weighted by molar-refractivity contribution is -0.160. The highest BCUT2D eigenvalue weighted by molar-refractivity contribution is 5.87. The smallest absolute Gasteiger partial charge is 0.314 e. The quantitative estimate of drug-likeness (QED) is 0.0492. The molecule has 0 fully saturated rings. The second-order valence-electron chi connectivity index (χ2n) is 18.8. The molecule has 59 heavy (non-hydrogen) atoms. The van der Waals surface area contributed by atoms with Gasteiger partial charge in [-0.25, -0.2) is 0 Å². The molecule has 4 aromatic rings. The van der Waals surface area contributed by atoms with Gasteiger partial charge < -0.3 is 35.4 Å².